The number of methoxy groups -OCH3 is 1. The highest BCUT2D eigenvalue weighted by molar-refractivity contribution is 6.00. The molecule has 3 rings (SSSR count). The number of hydrogen-bond acceptors (Lipinski definition) is 6. The Hall–Kier alpha value is -4.44. The molecule has 0 bridgehead atoms. The highest BCUT2D eigenvalue weighted by Crippen LogP contribution is 2.25. The standard InChI is InChI=1S/C25H27N5O5/c1-17-5-3-7-20(13-17)28-25(32)29-21-8-4-6-18(14-21)16-27-24(31)19-9-10-22(26-11-12-35-2)23(15-19)30(33)34/h3-10,13-15,26H,11-12,16H2,1-2H3,(H,27,31)(H2,28,29,32). The number of nitrogens with one attached hydrogen (secondary N) is 4. The first kappa shape index (κ1) is 25.2. The molecular formula is C25H27N5O5. The maximum atomic E-state index is 12.6. The molecule has 0 heterocycles. The average molecular weight is 478 g/mol. The monoisotopic (exact) mass is 477 g/mol. The van der Waals surface area contributed by atoms with Crippen molar-refractivity contribution in [2.24, 2.45) is 0 Å². The van der Waals surface area contributed by atoms with Gasteiger partial charge in [0, 0.05) is 43.2 Å². The van der Waals surface area contributed by atoms with E-state index in [9.17, 15) is 19.7 Å². The second kappa shape index (κ2) is 12.1. The molecular weight excluding hydrogens is 450 g/mol. The van der Waals surface area contributed by atoms with Crippen LogP contribution in [0.5, 0.6) is 0 Å². The maximum Gasteiger partial charge on any atom is 0.323 e. The van der Waals surface area contributed by atoms with E-state index in [0.29, 0.717) is 30.2 Å². The number of hydrogen-bond donors (Lipinski definition) is 4. The number of nitro benzene ring substituents is 1. The van der Waals surface area contributed by atoms with Crippen LogP contribution in [0.3, 0.4) is 0 Å². The molecule has 0 atom stereocenters. The van der Waals surface area contributed by atoms with Crippen molar-refractivity contribution in [3.63, 3.8) is 0 Å². The van der Waals surface area contributed by atoms with Crippen LogP contribution >= 0.6 is 0 Å². The van der Waals surface area contributed by atoms with Crippen LogP contribution in [0.1, 0.15) is 21.5 Å². The zero-order chi connectivity index (χ0) is 25.2. The van der Waals surface area contributed by atoms with Crippen LogP contribution in [-0.4, -0.2) is 37.1 Å². The minimum absolute atomic E-state index is 0.167. The first-order valence-corrected chi connectivity index (χ1v) is 10.9. The fourth-order valence-corrected chi connectivity index (χ4v) is 3.32. The van der Waals surface area contributed by atoms with Crippen molar-refractivity contribution in [1.82, 2.24) is 5.32 Å². The Morgan fingerprint density at radius 1 is 0.971 bits per heavy atom. The van der Waals surface area contributed by atoms with Crippen LogP contribution in [0.15, 0.2) is 66.7 Å². The van der Waals surface area contributed by atoms with Gasteiger partial charge in [-0.1, -0.05) is 24.3 Å². The van der Waals surface area contributed by atoms with Gasteiger partial charge in [0.25, 0.3) is 11.6 Å². The van der Waals surface area contributed by atoms with Crippen molar-refractivity contribution < 1.29 is 19.2 Å². The van der Waals surface area contributed by atoms with Gasteiger partial charge in [0.1, 0.15) is 5.69 Å². The molecule has 0 unspecified atom stereocenters. The number of anilines is 3. The highest BCUT2D eigenvalue weighted by atomic mass is 16.6. The number of benzene rings is 3. The fourth-order valence-electron chi connectivity index (χ4n) is 3.32. The topological polar surface area (TPSA) is 135 Å². The van der Waals surface area contributed by atoms with Gasteiger partial charge < -0.3 is 26.0 Å². The van der Waals surface area contributed by atoms with Gasteiger partial charge in [0.15, 0.2) is 0 Å². The van der Waals surface area contributed by atoms with E-state index in [1.165, 1.54) is 25.3 Å². The molecule has 3 aromatic rings. The molecule has 0 saturated heterocycles. The lowest BCUT2D eigenvalue weighted by Gasteiger charge is -2.11. The quantitative estimate of drug-likeness (QED) is 0.192. The lowest BCUT2D eigenvalue weighted by atomic mass is 10.1. The SMILES string of the molecule is COCCNc1ccc(C(=O)NCc2cccc(NC(=O)Nc3cccc(C)c3)c2)cc1[N+](=O)[O-]. The van der Waals surface area contributed by atoms with E-state index in [1.807, 2.05) is 25.1 Å². The zero-order valence-electron chi connectivity index (χ0n) is 19.5. The molecule has 0 radical (unpaired) electrons. The minimum Gasteiger partial charge on any atom is -0.383 e. The van der Waals surface area contributed by atoms with Gasteiger partial charge >= 0.3 is 6.03 Å². The fraction of sp³-hybridized carbons (Fsp3) is 0.200. The first-order chi connectivity index (χ1) is 16.9. The summed E-state index contributed by atoms with van der Waals surface area (Å²) >= 11 is 0. The number of urea groups is 1. The molecule has 182 valence electrons. The average Bonchev–Trinajstić information content (AvgIpc) is 2.83. The number of aryl methyl sites for hydroxylation is 1. The van der Waals surface area contributed by atoms with Gasteiger partial charge in [-0.05, 0) is 54.4 Å². The summed E-state index contributed by atoms with van der Waals surface area (Å²) in [5.41, 5.74) is 3.30. The second-order valence-corrected chi connectivity index (χ2v) is 7.74. The largest absolute Gasteiger partial charge is 0.383 e. The third kappa shape index (κ3) is 7.54. The lowest BCUT2D eigenvalue weighted by molar-refractivity contribution is -0.384. The predicted octanol–water partition coefficient (Wildman–Crippen LogP) is 4.54. The molecule has 0 aliphatic heterocycles. The Bertz CT molecular complexity index is 1210. The summed E-state index contributed by atoms with van der Waals surface area (Å²) in [6, 6.07) is 18.3. The minimum atomic E-state index is -0.539. The summed E-state index contributed by atoms with van der Waals surface area (Å²) in [7, 11) is 1.54. The summed E-state index contributed by atoms with van der Waals surface area (Å²) in [6.07, 6.45) is 0. The third-order valence-corrected chi connectivity index (χ3v) is 4.99. The molecule has 0 saturated carbocycles. The third-order valence-electron chi connectivity index (χ3n) is 4.99. The van der Waals surface area contributed by atoms with Crippen molar-refractivity contribution in [3.8, 4) is 0 Å². The molecule has 0 aromatic heterocycles. The van der Waals surface area contributed by atoms with Gasteiger partial charge in [-0.3, -0.25) is 14.9 Å². The van der Waals surface area contributed by atoms with Crippen molar-refractivity contribution in [1.29, 1.82) is 0 Å². The Morgan fingerprint density at radius 2 is 1.69 bits per heavy atom. The van der Waals surface area contributed by atoms with E-state index in [0.717, 1.165) is 11.1 Å². The van der Waals surface area contributed by atoms with Crippen LogP contribution < -0.4 is 21.3 Å². The van der Waals surface area contributed by atoms with E-state index in [4.69, 9.17) is 4.74 Å². The molecule has 0 spiro atoms. The number of ether oxygens (including phenoxy) is 1. The van der Waals surface area contributed by atoms with Crippen LogP contribution in [0.25, 0.3) is 0 Å². The van der Waals surface area contributed by atoms with E-state index >= 15 is 0 Å². The number of amides is 3. The molecule has 0 fully saturated rings. The van der Waals surface area contributed by atoms with E-state index in [2.05, 4.69) is 21.3 Å². The summed E-state index contributed by atoms with van der Waals surface area (Å²) in [6.45, 7) is 2.90. The van der Waals surface area contributed by atoms with Gasteiger partial charge in [-0.15, -0.1) is 0 Å². The normalized spacial score (nSPS) is 10.3. The van der Waals surface area contributed by atoms with Crippen LogP contribution in [0.2, 0.25) is 0 Å². The van der Waals surface area contributed by atoms with Gasteiger partial charge in [0.2, 0.25) is 0 Å². The number of rotatable bonds is 10. The highest BCUT2D eigenvalue weighted by Gasteiger charge is 2.17. The molecule has 3 aromatic carbocycles. The lowest BCUT2D eigenvalue weighted by Crippen LogP contribution is -2.23. The van der Waals surface area contributed by atoms with Crippen molar-refractivity contribution in [2.45, 2.75) is 13.5 Å². The van der Waals surface area contributed by atoms with E-state index < -0.39 is 10.8 Å². The molecule has 35 heavy (non-hydrogen) atoms. The maximum absolute atomic E-state index is 12.6. The van der Waals surface area contributed by atoms with Crippen LogP contribution in [0, 0.1) is 17.0 Å². The van der Waals surface area contributed by atoms with Crippen LogP contribution in [-0.2, 0) is 11.3 Å². The summed E-state index contributed by atoms with van der Waals surface area (Å²) in [5.74, 6) is -0.452. The molecule has 4 N–H and O–H groups in total. The summed E-state index contributed by atoms with van der Waals surface area (Å²) in [4.78, 5) is 35.8. The molecule has 3 amide bonds. The van der Waals surface area contributed by atoms with Gasteiger partial charge in [-0.25, -0.2) is 4.79 Å². The Kier molecular flexibility index (Phi) is 8.74. The van der Waals surface area contributed by atoms with Crippen molar-refractivity contribution in [2.75, 3.05) is 36.2 Å². The number of nitrogens with zero attached hydrogens (tertiary/aromatic N) is 1. The molecule has 0 aliphatic carbocycles. The smallest absolute Gasteiger partial charge is 0.323 e. The van der Waals surface area contributed by atoms with E-state index in [1.54, 1.807) is 30.3 Å². The number of nitro groups is 1. The predicted molar refractivity (Wildman–Crippen MR) is 135 cm³/mol. The van der Waals surface area contributed by atoms with Gasteiger partial charge in [-0.2, -0.15) is 0 Å². The Balaban J connectivity index is 1.60. The molecule has 10 nitrogen and oxygen atoms in total. The number of carbonyl (C=O) groups is 2. The molecule has 10 heteroatoms. The summed E-state index contributed by atoms with van der Waals surface area (Å²) in [5, 5.41) is 22.6. The number of carbonyl (C=O) groups excluding carboxylic acids is 2. The molecule has 0 aliphatic rings. The van der Waals surface area contributed by atoms with Crippen molar-refractivity contribution in [3.05, 3.63) is 93.5 Å². The van der Waals surface area contributed by atoms with E-state index in [-0.39, 0.29) is 23.8 Å². The van der Waals surface area contributed by atoms with Crippen molar-refractivity contribution >= 4 is 34.7 Å². The summed E-state index contributed by atoms with van der Waals surface area (Å²) < 4.78 is 4.94. The first-order valence-electron chi connectivity index (χ1n) is 10.9. The zero-order valence-corrected chi connectivity index (χ0v) is 19.5. The van der Waals surface area contributed by atoms with Crippen LogP contribution in [0.4, 0.5) is 27.5 Å². The Morgan fingerprint density at radius 3 is 2.37 bits per heavy atom. The second-order valence-electron chi connectivity index (χ2n) is 7.74. The van der Waals surface area contributed by atoms with Gasteiger partial charge in [0.05, 0.1) is 11.5 Å². The Labute approximate surface area is 202 Å².